The summed E-state index contributed by atoms with van der Waals surface area (Å²) in [6.07, 6.45) is 2.70. The molecule has 0 aromatic heterocycles. The number of hydrogen-bond acceptors (Lipinski definition) is 3. The third kappa shape index (κ3) is 4.77. The third-order valence-electron chi connectivity index (χ3n) is 5.32. The van der Waals surface area contributed by atoms with Gasteiger partial charge in [-0.2, -0.15) is 0 Å². The fourth-order valence-corrected chi connectivity index (χ4v) is 4.01. The minimum atomic E-state index is -0.434. The van der Waals surface area contributed by atoms with Crippen LogP contribution in [-0.4, -0.2) is 60.4 Å². The van der Waals surface area contributed by atoms with Gasteiger partial charge in [-0.15, -0.1) is 12.4 Å². The van der Waals surface area contributed by atoms with Crippen molar-refractivity contribution in [3.05, 3.63) is 35.9 Å². The molecule has 2 fully saturated rings. The SMILES string of the molecule is CC(C)(Cc1ccccc1)C(=O)N1CCCC(N2CCNCC2=O)C1.Cl. The highest BCUT2D eigenvalue weighted by molar-refractivity contribution is 5.85. The molecule has 5 nitrogen and oxygen atoms in total. The van der Waals surface area contributed by atoms with E-state index < -0.39 is 5.41 Å². The van der Waals surface area contributed by atoms with Crippen molar-refractivity contribution in [1.82, 2.24) is 15.1 Å². The first-order valence-corrected chi connectivity index (χ1v) is 9.31. The number of piperidine rings is 1. The minimum absolute atomic E-state index is 0. The molecular formula is C20H30ClN3O2. The second-order valence-electron chi connectivity index (χ2n) is 7.86. The summed E-state index contributed by atoms with van der Waals surface area (Å²) in [7, 11) is 0. The van der Waals surface area contributed by atoms with Gasteiger partial charge in [0.1, 0.15) is 0 Å². The Kier molecular flexibility index (Phi) is 7.07. The van der Waals surface area contributed by atoms with Crippen LogP contribution in [0.15, 0.2) is 30.3 Å². The Bertz CT molecular complexity index is 621. The van der Waals surface area contributed by atoms with E-state index in [2.05, 4.69) is 17.4 Å². The smallest absolute Gasteiger partial charge is 0.236 e. The third-order valence-corrected chi connectivity index (χ3v) is 5.32. The molecule has 1 aromatic carbocycles. The van der Waals surface area contributed by atoms with Crippen molar-refractivity contribution >= 4 is 24.2 Å². The number of amides is 2. The molecule has 1 atom stereocenters. The molecule has 2 amide bonds. The zero-order valence-corrected chi connectivity index (χ0v) is 16.6. The number of piperazine rings is 1. The number of benzene rings is 1. The largest absolute Gasteiger partial charge is 0.340 e. The van der Waals surface area contributed by atoms with Crippen LogP contribution in [0.4, 0.5) is 0 Å². The monoisotopic (exact) mass is 379 g/mol. The Labute approximate surface area is 162 Å². The van der Waals surface area contributed by atoms with Gasteiger partial charge in [0, 0.05) is 37.6 Å². The lowest BCUT2D eigenvalue weighted by atomic mass is 9.83. The van der Waals surface area contributed by atoms with Crippen LogP contribution in [0.2, 0.25) is 0 Å². The molecule has 2 heterocycles. The molecule has 1 N–H and O–H groups in total. The standard InChI is InChI=1S/C20H29N3O2.ClH/c1-20(2,13-16-7-4-3-5-8-16)19(25)22-11-6-9-17(15-22)23-12-10-21-14-18(23)24;/h3-5,7-8,17,21H,6,9-15H2,1-2H3;1H. The van der Waals surface area contributed by atoms with Crippen molar-refractivity contribution < 1.29 is 9.59 Å². The number of hydrogen-bond donors (Lipinski definition) is 1. The second kappa shape index (κ2) is 8.87. The van der Waals surface area contributed by atoms with E-state index in [-0.39, 0.29) is 30.3 Å². The quantitative estimate of drug-likeness (QED) is 0.871. The average molecular weight is 380 g/mol. The molecule has 0 spiro atoms. The molecule has 6 heteroatoms. The summed E-state index contributed by atoms with van der Waals surface area (Å²) in [6, 6.07) is 10.4. The lowest BCUT2D eigenvalue weighted by Gasteiger charge is -2.43. The van der Waals surface area contributed by atoms with Gasteiger partial charge in [0.15, 0.2) is 0 Å². The molecule has 0 aliphatic carbocycles. The summed E-state index contributed by atoms with van der Waals surface area (Å²) in [6.45, 7) is 7.54. The molecule has 0 radical (unpaired) electrons. The van der Waals surface area contributed by atoms with Gasteiger partial charge in [0.05, 0.1) is 6.54 Å². The number of nitrogens with zero attached hydrogens (tertiary/aromatic N) is 2. The maximum atomic E-state index is 13.1. The van der Waals surface area contributed by atoms with Crippen molar-refractivity contribution in [2.45, 2.75) is 39.2 Å². The van der Waals surface area contributed by atoms with Crippen LogP contribution in [0.1, 0.15) is 32.3 Å². The van der Waals surface area contributed by atoms with E-state index in [9.17, 15) is 9.59 Å². The van der Waals surface area contributed by atoms with Crippen LogP contribution in [0.25, 0.3) is 0 Å². The molecular weight excluding hydrogens is 350 g/mol. The van der Waals surface area contributed by atoms with Gasteiger partial charge in [-0.05, 0) is 24.8 Å². The molecule has 2 saturated heterocycles. The predicted molar refractivity (Wildman–Crippen MR) is 105 cm³/mol. The first-order chi connectivity index (χ1) is 12.0. The van der Waals surface area contributed by atoms with E-state index in [4.69, 9.17) is 0 Å². The van der Waals surface area contributed by atoms with Crippen LogP contribution >= 0.6 is 12.4 Å². The van der Waals surface area contributed by atoms with Crippen LogP contribution in [0, 0.1) is 5.41 Å². The predicted octanol–water partition coefficient (Wildman–Crippen LogP) is 2.10. The van der Waals surface area contributed by atoms with Gasteiger partial charge in [0.25, 0.3) is 0 Å². The Morgan fingerprint density at radius 2 is 1.96 bits per heavy atom. The molecule has 26 heavy (non-hydrogen) atoms. The van der Waals surface area contributed by atoms with Crippen LogP contribution in [0.3, 0.4) is 0 Å². The molecule has 1 aromatic rings. The topological polar surface area (TPSA) is 52.7 Å². The van der Waals surface area contributed by atoms with Gasteiger partial charge in [0.2, 0.25) is 11.8 Å². The van der Waals surface area contributed by atoms with E-state index in [0.717, 1.165) is 38.9 Å². The number of carbonyl (C=O) groups is 2. The highest BCUT2D eigenvalue weighted by Crippen LogP contribution is 2.27. The maximum Gasteiger partial charge on any atom is 0.236 e. The first-order valence-electron chi connectivity index (χ1n) is 9.31. The van der Waals surface area contributed by atoms with E-state index in [1.54, 1.807) is 0 Å². The van der Waals surface area contributed by atoms with Gasteiger partial charge >= 0.3 is 0 Å². The second-order valence-corrected chi connectivity index (χ2v) is 7.86. The van der Waals surface area contributed by atoms with Crippen LogP contribution in [-0.2, 0) is 16.0 Å². The van der Waals surface area contributed by atoms with Crippen molar-refractivity contribution in [2.75, 3.05) is 32.7 Å². The fourth-order valence-electron chi connectivity index (χ4n) is 4.01. The highest BCUT2D eigenvalue weighted by atomic mass is 35.5. The zero-order chi connectivity index (χ0) is 17.9. The summed E-state index contributed by atoms with van der Waals surface area (Å²) in [5.74, 6) is 0.359. The first kappa shape index (κ1) is 20.7. The molecule has 144 valence electrons. The molecule has 3 rings (SSSR count). The number of carbonyl (C=O) groups excluding carboxylic acids is 2. The van der Waals surface area contributed by atoms with Crippen LogP contribution < -0.4 is 5.32 Å². The van der Waals surface area contributed by atoms with Gasteiger partial charge in [-0.1, -0.05) is 44.2 Å². The van der Waals surface area contributed by atoms with Gasteiger partial charge < -0.3 is 15.1 Å². The fraction of sp³-hybridized carbons (Fsp3) is 0.600. The molecule has 2 aliphatic heterocycles. The van der Waals surface area contributed by atoms with Gasteiger partial charge in [-0.25, -0.2) is 0 Å². The van der Waals surface area contributed by atoms with Crippen molar-refractivity contribution in [3.63, 3.8) is 0 Å². The number of likely N-dealkylation sites (tertiary alicyclic amines) is 1. The van der Waals surface area contributed by atoms with Crippen molar-refractivity contribution in [2.24, 2.45) is 5.41 Å². The van der Waals surface area contributed by atoms with Crippen LogP contribution in [0.5, 0.6) is 0 Å². The lowest BCUT2D eigenvalue weighted by molar-refractivity contribution is -0.146. The molecule has 0 bridgehead atoms. The maximum absolute atomic E-state index is 13.1. The van der Waals surface area contributed by atoms with E-state index in [1.165, 1.54) is 5.56 Å². The summed E-state index contributed by atoms with van der Waals surface area (Å²) < 4.78 is 0. The number of halogens is 1. The normalized spacial score (nSPS) is 21.3. The summed E-state index contributed by atoms with van der Waals surface area (Å²) in [5.41, 5.74) is 0.753. The Morgan fingerprint density at radius 1 is 1.23 bits per heavy atom. The Morgan fingerprint density at radius 3 is 2.65 bits per heavy atom. The Balaban J connectivity index is 0.00000243. The summed E-state index contributed by atoms with van der Waals surface area (Å²) in [4.78, 5) is 29.3. The van der Waals surface area contributed by atoms with Gasteiger partial charge in [-0.3, -0.25) is 9.59 Å². The molecule has 1 unspecified atom stereocenters. The molecule has 2 aliphatic rings. The average Bonchev–Trinajstić information content (AvgIpc) is 2.62. The minimum Gasteiger partial charge on any atom is -0.340 e. The van der Waals surface area contributed by atoms with E-state index in [1.807, 2.05) is 41.8 Å². The van der Waals surface area contributed by atoms with E-state index in [0.29, 0.717) is 13.1 Å². The lowest BCUT2D eigenvalue weighted by Crippen LogP contribution is -2.58. The molecule has 0 saturated carbocycles. The summed E-state index contributed by atoms with van der Waals surface area (Å²) in [5, 5.41) is 3.12. The van der Waals surface area contributed by atoms with Crippen molar-refractivity contribution in [3.8, 4) is 0 Å². The van der Waals surface area contributed by atoms with Crippen molar-refractivity contribution in [1.29, 1.82) is 0 Å². The van der Waals surface area contributed by atoms with E-state index >= 15 is 0 Å². The number of rotatable bonds is 4. The summed E-state index contributed by atoms with van der Waals surface area (Å²) >= 11 is 0. The highest BCUT2D eigenvalue weighted by Gasteiger charge is 2.37. The number of nitrogens with one attached hydrogen (secondary N) is 1. The zero-order valence-electron chi connectivity index (χ0n) is 15.7. The Hall–Kier alpha value is -1.59.